The van der Waals surface area contributed by atoms with E-state index in [2.05, 4.69) is 4.98 Å². The van der Waals surface area contributed by atoms with Gasteiger partial charge < -0.3 is 9.84 Å². The van der Waals surface area contributed by atoms with Crippen molar-refractivity contribution in [3.8, 4) is 11.8 Å². The lowest BCUT2D eigenvalue weighted by molar-refractivity contribution is -0.137. The number of halogens is 3. The van der Waals surface area contributed by atoms with Crippen molar-refractivity contribution >= 4 is 11.2 Å². The van der Waals surface area contributed by atoms with Crippen LogP contribution >= 0.6 is 0 Å². The lowest BCUT2D eigenvalue weighted by atomic mass is 10.2. The van der Waals surface area contributed by atoms with Crippen LogP contribution in [0, 0.1) is 0 Å². The van der Waals surface area contributed by atoms with E-state index in [9.17, 15) is 22.8 Å². The van der Waals surface area contributed by atoms with E-state index in [0.717, 1.165) is 34.4 Å². The van der Waals surface area contributed by atoms with Crippen LogP contribution in [-0.2, 0) is 26.3 Å². The maximum Gasteiger partial charge on any atom is 0.416 e. The van der Waals surface area contributed by atoms with Crippen LogP contribution in [0.2, 0.25) is 0 Å². The summed E-state index contributed by atoms with van der Waals surface area (Å²) in [7, 11) is 1.46. The first-order valence-corrected chi connectivity index (χ1v) is 10.4. The van der Waals surface area contributed by atoms with E-state index in [1.807, 2.05) is 30.3 Å². The fraction of sp³-hybridized carbons (Fsp3) is 0.261. The van der Waals surface area contributed by atoms with E-state index in [1.54, 1.807) is 0 Å². The summed E-state index contributed by atoms with van der Waals surface area (Å²) in [6.45, 7) is -0.0104. The zero-order chi connectivity index (χ0) is 24.5. The van der Waals surface area contributed by atoms with Gasteiger partial charge in [-0.25, -0.2) is 4.79 Å². The molecule has 2 aromatic carbocycles. The molecule has 4 rings (SSSR count). The maximum absolute atomic E-state index is 13.3. The van der Waals surface area contributed by atoms with Gasteiger partial charge >= 0.3 is 17.9 Å². The van der Waals surface area contributed by atoms with E-state index in [0.29, 0.717) is 0 Å². The number of aromatic nitrogens is 4. The molecule has 0 saturated heterocycles. The van der Waals surface area contributed by atoms with Gasteiger partial charge in [0.15, 0.2) is 11.2 Å². The third-order valence-corrected chi connectivity index (χ3v) is 5.31. The molecule has 0 aliphatic carbocycles. The molecule has 1 N–H and O–H groups in total. The molecule has 0 unspecified atom stereocenters. The Morgan fingerprint density at radius 1 is 1.00 bits per heavy atom. The number of rotatable bonds is 7. The number of hydrogen-bond acceptors (Lipinski definition) is 5. The van der Waals surface area contributed by atoms with Crippen LogP contribution in [0.25, 0.3) is 11.2 Å². The van der Waals surface area contributed by atoms with Crippen LogP contribution in [0.4, 0.5) is 13.2 Å². The predicted octanol–water partition coefficient (Wildman–Crippen LogP) is 3.14. The quantitative estimate of drug-likeness (QED) is 0.445. The molecule has 34 heavy (non-hydrogen) atoms. The average molecular weight is 474 g/mol. The SMILES string of the molecule is Cn1c(=O)n(CCCO)c(=O)c2c1nc(Oc1ccc(C(F)(F)F)cc1)n2Cc1ccccc1. The first kappa shape index (κ1) is 23.3. The minimum atomic E-state index is -4.49. The van der Waals surface area contributed by atoms with E-state index in [-0.39, 0.29) is 49.0 Å². The van der Waals surface area contributed by atoms with Crippen molar-refractivity contribution in [3.63, 3.8) is 0 Å². The molecule has 0 bridgehead atoms. The van der Waals surface area contributed by atoms with Gasteiger partial charge in [0.25, 0.3) is 5.56 Å². The number of hydrogen-bond donors (Lipinski definition) is 1. The molecule has 0 atom stereocenters. The van der Waals surface area contributed by atoms with Crippen molar-refractivity contribution < 1.29 is 23.0 Å². The highest BCUT2D eigenvalue weighted by atomic mass is 19.4. The Labute approximate surface area is 191 Å². The molecule has 0 aliphatic heterocycles. The highest BCUT2D eigenvalue weighted by Gasteiger charge is 2.30. The molecule has 0 fully saturated rings. The Bertz CT molecular complexity index is 1420. The number of benzene rings is 2. The number of alkyl halides is 3. The molecule has 11 heteroatoms. The average Bonchev–Trinajstić information content (AvgIpc) is 3.16. The molecular formula is C23H21F3N4O4. The smallest absolute Gasteiger partial charge is 0.416 e. The van der Waals surface area contributed by atoms with Crippen LogP contribution in [0.15, 0.2) is 64.2 Å². The highest BCUT2D eigenvalue weighted by Crippen LogP contribution is 2.32. The minimum Gasteiger partial charge on any atom is -0.425 e. The second kappa shape index (κ2) is 9.18. The van der Waals surface area contributed by atoms with E-state index >= 15 is 0 Å². The maximum atomic E-state index is 13.3. The van der Waals surface area contributed by atoms with Crippen molar-refractivity contribution in [3.05, 3.63) is 86.6 Å². The highest BCUT2D eigenvalue weighted by molar-refractivity contribution is 5.72. The summed E-state index contributed by atoms with van der Waals surface area (Å²) >= 11 is 0. The first-order chi connectivity index (χ1) is 16.2. The van der Waals surface area contributed by atoms with Gasteiger partial charge in [-0.3, -0.25) is 18.5 Å². The molecule has 178 valence electrons. The number of aryl methyl sites for hydroxylation is 1. The second-order valence-corrected chi connectivity index (χ2v) is 7.64. The molecule has 4 aromatic rings. The summed E-state index contributed by atoms with van der Waals surface area (Å²) in [6.07, 6.45) is -4.28. The first-order valence-electron chi connectivity index (χ1n) is 10.4. The van der Waals surface area contributed by atoms with Gasteiger partial charge in [-0.15, -0.1) is 0 Å². The molecule has 2 heterocycles. The fourth-order valence-electron chi connectivity index (χ4n) is 3.59. The number of aliphatic hydroxyl groups is 1. The largest absolute Gasteiger partial charge is 0.425 e. The Morgan fingerprint density at radius 2 is 1.68 bits per heavy atom. The minimum absolute atomic E-state index is 0.0174. The molecule has 0 radical (unpaired) electrons. The van der Waals surface area contributed by atoms with Crippen LogP contribution in [0.1, 0.15) is 17.5 Å². The molecule has 2 aromatic heterocycles. The topological polar surface area (TPSA) is 91.3 Å². The number of imidazole rings is 1. The monoisotopic (exact) mass is 474 g/mol. The number of fused-ring (bicyclic) bond motifs is 1. The van der Waals surface area contributed by atoms with Crippen molar-refractivity contribution in [2.75, 3.05) is 6.61 Å². The van der Waals surface area contributed by atoms with Crippen molar-refractivity contribution in [2.24, 2.45) is 7.05 Å². The summed E-state index contributed by atoms with van der Waals surface area (Å²) in [5.41, 5.74) is -1.03. The van der Waals surface area contributed by atoms with Gasteiger partial charge in [0.1, 0.15) is 5.75 Å². The molecular weight excluding hydrogens is 453 g/mol. The second-order valence-electron chi connectivity index (χ2n) is 7.64. The third-order valence-electron chi connectivity index (χ3n) is 5.31. The van der Waals surface area contributed by atoms with Crippen LogP contribution in [0.3, 0.4) is 0 Å². The standard InChI is InChI=1S/C23H21F3N4O4/c1-28-19-18(20(32)29(22(28)33)12-5-13-31)30(14-15-6-3-2-4-7-15)21(27-19)34-17-10-8-16(9-11-17)23(24,25)26/h2-4,6-11,31H,5,12-14H2,1H3. The Morgan fingerprint density at radius 3 is 2.29 bits per heavy atom. The normalized spacial score (nSPS) is 11.8. The van der Waals surface area contributed by atoms with E-state index in [4.69, 9.17) is 9.84 Å². The summed E-state index contributed by atoms with van der Waals surface area (Å²) < 4.78 is 48.2. The zero-order valence-corrected chi connectivity index (χ0v) is 18.1. The number of aliphatic hydroxyl groups excluding tert-OH is 1. The van der Waals surface area contributed by atoms with Gasteiger partial charge in [0, 0.05) is 20.2 Å². The van der Waals surface area contributed by atoms with Crippen molar-refractivity contribution in [1.82, 2.24) is 18.7 Å². The lowest BCUT2D eigenvalue weighted by Gasteiger charge is -2.12. The fourth-order valence-corrected chi connectivity index (χ4v) is 3.59. The molecule has 0 amide bonds. The Kier molecular flexibility index (Phi) is 6.29. The lowest BCUT2D eigenvalue weighted by Crippen LogP contribution is -2.39. The molecule has 0 spiro atoms. The van der Waals surface area contributed by atoms with Gasteiger partial charge in [0.05, 0.1) is 12.1 Å². The van der Waals surface area contributed by atoms with Crippen molar-refractivity contribution in [2.45, 2.75) is 25.7 Å². The Hall–Kier alpha value is -3.86. The molecule has 0 saturated carbocycles. The summed E-state index contributed by atoms with van der Waals surface area (Å²) in [5, 5.41) is 9.15. The molecule has 0 aliphatic rings. The van der Waals surface area contributed by atoms with Gasteiger partial charge in [0.2, 0.25) is 0 Å². The van der Waals surface area contributed by atoms with Crippen LogP contribution < -0.4 is 16.0 Å². The predicted molar refractivity (Wildman–Crippen MR) is 118 cm³/mol. The van der Waals surface area contributed by atoms with Gasteiger partial charge in [-0.1, -0.05) is 30.3 Å². The number of ether oxygens (including phenoxy) is 1. The number of nitrogens with zero attached hydrogens (tertiary/aromatic N) is 4. The van der Waals surface area contributed by atoms with Crippen molar-refractivity contribution in [1.29, 1.82) is 0 Å². The third kappa shape index (κ3) is 4.46. The van der Waals surface area contributed by atoms with Gasteiger partial charge in [-0.2, -0.15) is 18.2 Å². The van der Waals surface area contributed by atoms with E-state index < -0.39 is 23.0 Å². The Balaban J connectivity index is 1.87. The van der Waals surface area contributed by atoms with E-state index in [1.165, 1.54) is 16.2 Å². The summed E-state index contributed by atoms with van der Waals surface area (Å²) in [4.78, 5) is 30.3. The van der Waals surface area contributed by atoms with Crippen LogP contribution in [0.5, 0.6) is 11.8 Å². The molecule has 8 nitrogen and oxygen atoms in total. The zero-order valence-electron chi connectivity index (χ0n) is 18.1. The van der Waals surface area contributed by atoms with Gasteiger partial charge in [-0.05, 0) is 36.2 Å². The summed E-state index contributed by atoms with van der Waals surface area (Å²) in [5.74, 6) is 0.0863. The summed E-state index contributed by atoms with van der Waals surface area (Å²) in [6, 6.07) is 13.2. The van der Waals surface area contributed by atoms with Crippen LogP contribution in [-0.4, -0.2) is 30.4 Å².